The van der Waals surface area contributed by atoms with Crippen LogP contribution in [0.4, 0.5) is 0 Å². The number of thiol groups is 1. The summed E-state index contributed by atoms with van der Waals surface area (Å²) in [7, 11) is 0. The molecule has 1 fully saturated rings. The van der Waals surface area contributed by atoms with Crippen LogP contribution in [0.5, 0.6) is 0 Å². The lowest BCUT2D eigenvalue weighted by Crippen LogP contribution is -1.95. The van der Waals surface area contributed by atoms with Crippen molar-refractivity contribution in [3.05, 3.63) is 24.0 Å². The van der Waals surface area contributed by atoms with Crippen LogP contribution in [0.25, 0.3) is 0 Å². The van der Waals surface area contributed by atoms with Gasteiger partial charge in [0.05, 0.1) is 5.69 Å². The van der Waals surface area contributed by atoms with E-state index in [0.29, 0.717) is 0 Å². The van der Waals surface area contributed by atoms with E-state index < -0.39 is 0 Å². The van der Waals surface area contributed by atoms with Crippen LogP contribution in [0.3, 0.4) is 0 Å². The van der Waals surface area contributed by atoms with E-state index >= 15 is 0 Å². The molecule has 0 aliphatic heterocycles. The Morgan fingerprint density at radius 1 is 1.54 bits per heavy atom. The first-order valence-corrected chi connectivity index (χ1v) is 5.48. The Kier molecular flexibility index (Phi) is 2.80. The highest BCUT2D eigenvalue weighted by molar-refractivity contribution is 7.80. The molecule has 1 saturated carbocycles. The molecule has 1 nitrogen and oxygen atoms in total. The van der Waals surface area contributed by atoms with Gasteiger partial charge in [0.1, 0.15) is 0 Å². The summed E-state index contributed by atoms with van der Waals surface area (Å²) in [5, 5.41) is 0. The van der Waals surface area contributed by atoms with Crippen molar-refractivity contribution in [3.8, 4) is 0 Å². The van der Waals surface area contributed by atoms with Gasteiger partial charge in [-0.2, -0.15) is 0 Å². The maximum absolute atomic E-state index is 5.76. The lowest BCUT2D eigenvalue weighted by atomic mass is 10.2. The number of hydrogen-bond acceptors (Lipinski definition) is 2. The smallest absolute Gasteiger partial charge is 0.0539 e. The fraction of sp³-hybridized carbons (Fsp3) is 0.500. The monoisotopic (exact) mass is 213 g/mol. The van der Waals surface area contributed by atoms with Gasteiger partial charge in [-0.1, -0.05) is 0 Å². The summed E-state index contributed by atoms with van der Waals surface area (Å²) in [5.74, 6) is 2.26. The SMILES string of the molecule is Sc1cccnc1CC1CC1CCl. The molecule has 1 aliphatic carbocycles. The van der Waals surface area contributed by atoms with Crippen LogP contribution in [0.2, 0.25) is 0 Å². The van der Waals surface area contributed by atoms with Crippen LogP contribution >= 0.6 is 24.2 Å². The maximum Gasteiger partial charge on any atom is 0.0539 e. The Morgan fingerprint density at radius 2 is 2.38 bits per heavy atom. The summed E-state index contributed by atoms with van der Waals surface area (Å²) >= 11 is 10.1. The first kappa shape index (κ1) is 9.35. The van der Waals surface area contributed by atoms with Gasteiger partial charge in [0, 0.05) is 17.0 Å². The van der Waals surface area contributed by atoms with Crippen LogP contribution in [0, 0.1) is 11.8 Å². The summed E-state index contributed by atoms with van der Waals surface area (Å²) in [5.41, 5.74) is 1.11. The lowest BCUT2D eigenvalue weighted by Gasteiger charge is -2.01. The lowest BCUT2D eigenvalue weighted by molar-refractivity contribution is 0.722. The zero-order valence-corrected chi connectivity index (χ0v) is 8.93. The predicted molar refractivity (Wildman–Crippen MR) is 57.5 cm³/mol. The van der Waals surface area contributed by atoms with E-state index in [1.165, 1.54) is 6.42 Å². The van der Waals surface area contributed by atoms with E-state index in [1.54, 1.807) is 0 Å². The van der Waals surface area contributed by atoms with E-state index in [-0.39, 0.29) is 0 Å². The molecule has 0 saturated heterocycles. The summed E-state index contributed by atoms with van der Waals surface area (Å²) in [6.45, 7) is 0. The van der Waals surface area contributed by atoms with Crippen LogP contribution < -0.4 is 0 Å². The van der Waals surface area contributed by atoms with Crippen LogP contribution in [-0.4, -0.2) is 10.9 Å². The molecule has 70 valence electrons. The molecule has 0 radical (unpaired) electrons. The third kappa shape index (κ3) is 2.18. The number of halogens is 1. The van der Waals surface area contributed by atoms with Gasteiger partial charge < -0.3 is 0 Å². The van der Waals surface area contributed by atoms with E-state index in [1.807, 2.05) is 18.3 Å². The van der Waals surface area contributed by atoms with Gasteiger partial charge in [0.15, 0.2) is 0 Å². The molecule has 2 atom stereocenters. The molecule has 3 heteroatoms. The van der Waals surface area contributed by atoms with E-state index in [9.17, 15) is 0 Å². The molecule has 0 amide bonds. The van der Waals surface area contributed by atoms with E-state index in [2.05, 4.69) is 17.6 Å². The number of pyridine rings is 1. The van der Waals surface area contributed by atoms with Gasteiger partial charge in [0.25, 0.3) is 0 Å². The predicted octanol–water partition coefficient (Wildman–Crippen LogP) is 2.79. The Hall–Kier alpha value is -0.210. The molecule has 2 rings (SSSR count). The van der Waals surface area contributed by atoms with Crippen LogP contribution in [0.15, 0.2) is 23.2 Å². The molecule has 1 aromatic rings. The first-order chi connectivity index (χ1) is 6.31. The molecule has 0 N–H and O–H groups in total. The Bertz CT molecular complexity index is 303. The van der Waals surface area contributed by atoms with Crippen molar-refractivity contribution in [2.45, 2.75) is 17.7 Å². The zero-order valence-electron chi connectivity index (χ0n) is 7.28. The molecule has 1 aromatic heterocycles. The van der Waals surface area contributed by atoms with Crippen molar-refractivity contribution < 1.29 is 0 Å². The topological polar surface area (TPSA) is 12.9 Å². The summed E-state index contributed by atoms with van der Waals surface area (Å²) in [6, 6.07) is 3.90. The Morgan fingerprint density at radius 3 is 3.00 bits per heavy atom. The normalized spacial score (nSPS) is 26.0. The molecule has 1 heterocycles. The first-order valence-electron chi connectivity index (χ1n) is 4.50. The summed E-state index contributed by atoms with van der Waals surface area (Å²) in [4.78, 5) is 5.31. The molecule has 2 unspecified atom stereocenters. The largest absolute Gasteiger partial charge is 0.260 e. The van der Waals surface area contributed by atoms with E-state index in [4.69, 9.17) is 11.6 Å². The summed E-state index contributed by atoms with van der Waals surface area (Å²) in [6.07, 6.45) is 4.12. The van der Waals surface area contributed by atoms with Gasteiger partial charge >= 0.3 is 0 Å². The number of nitrogens with zero attached hydrogens (tertiary/aromatic N) is 1. The van der Waals surface area contributed by atoms with Gasteiger partial charge in [0.2, 0.25) is 0 Å². The van der Waals surface area contributed by atoms with Crippen molar-refractivity contribution >= 4 is 24.2 Å². The molecule has 0 aromatic carbocycles. The minimum absolute atomic E-state index is 0.719. The van der Waals surface area contributed by atoms with Crippen molar-refractivity contribution in [1.82, 2.24) is 4.98 Å². The standard InChI is InChI=1S/C10H12ClNS/c11-6-8-4-7(8)5-9-10(13)2-1-3-12-9/h1-3,7-8,13H,4-6H2. The summed E-state index contributed by atoms with van der Waals surface area (Å²) < 4.78 is 0. The number of aromatic nitrogens is 1. The zero-order chi connectivity index (χ0) is 9.26. The molecule has 0 spiro atoms. The number of hydrogen-bond donors (Lipinski definition) is 1. The van der Waals surface area contributed by atoms with Gasteiger partial charge in [-0.3, -0.25) is 4.98 Å². The van der Waals surface area contributed by atoms with Gasteiger partial charge in [-0.25, -0.2) is 0 Å². The molecular weight excluding hydrogens is 202 g/mol. The fourth-order valence-corrected chi connectivity index (χ4v) is 2.20. The highest BCUT2D eigenvalue weighted by atomic mass is 35.5. The highest BCUT2D eigenvalue weighted by Gasteiger charge is 2.36. The number of alkyl halides is 1. The molecule has 13 heavy (non-hydrogen) atoms. The van der Waals surface area contributed by atoms with Crippen molar-refractivity contribution in [3.63, 3.8) is 0 Å². The minimum Gasteiger partial charge on any atom is -0.260 e. The fourth-order valence-electron chi connectivity index (χ4n) is 1.58. The second-order valence-corrected chi connectivity index (χ2v) is 4.37. The quantitative estimate of drug-likeness (QED) is 0.602. The highest BCUT2D eigenvalue weighted by Crippen LogP contribution is 2.41. The Balaban J connectivity index is 1.99. The van der Waals surface area contributed by atoms with Crippen molar-refractivity contribution in [1.29, 1.82) is 0 Å². The molecular formula is C10H12ClNS. The maximum atomic E-state index is 5.76. The third-order valence-corrected chi connectivity index (χ3v) is 3.39. The van der Waals surface area contributed by atoms with Crippen molar-refractivity contribution in [2.24, 2.45) is 11.8 Å². The Labute approximate surface area is 88.9 Å². The number of rotatable bonds is 3. The van der Waals surface area contributed by atoms with Crippen LogP contribution in [-0.2, 0) is 6.42 Å². The van der Waals surface area contributed by atoms with Gasteiger partial charge in [-0.05, 0) is 36.8 Å². The molecule has 0 bridgehead atoms. The average Bonchev–Trinajstić information content (AvgIpc) is 2.88. The van der Waals surface area contributed by atoms with Gasteiger partial charge in [-0.15, -0.1) is 24.2 Å². The minimum atomic E-state index is 0.719. The molecule has 1 aliphatic rings. The average molecular weight is 214 g/mol. The second kappa shape index (κ2) is 3.89. The second-order valence-electron chi connectivity index (χ2n) is 3.58. The van der Waals surface area contributed by atoms with E-state index in [0.717, 1.165) is 34.7 Å². The van der Waals surface area contributed by atoms with Crippen molar-refractivity contribution in [2.75, 3.05) is 5.88 Å². The third-order valence-electron chi connectivity index (χ3n) is 2.59. The van der Waals surface area contributed by atoms with Crippen LogP contribution in [0.1, 0.15) is 12.1 Å².